The van der Waals surface area contributed by atoms with Gasteiger partial charge in [0.25, 0.3) is 5.56 Å². The van der Waals surface area contributed by atoms with Crippen molar-refractivity contribution >= 4 is 22.2 Å². The number of hydrogen-bond acceptors (Lipinski definition) is 6. The topological polar surface area (TPSA) is 79.7 Å². The zero-order chi connectivity index (χ0) is 25.8. The molecule has 0 saturated heterocycles. The molecule has 1 N–H and O–H groups in total. The fourth-order valence-electron chi connectivity index (χ4n) is 5.04. The third kappa shape index (κ3) is 5.70. The van der Waals surface area contributed by atoms with Crippen LogP contribution in [-0.4, -0.2) is 30.1 Å². The van der Waals surface area contributed by atoms with Crippen LogP contribution in [0.1, 0.15) is 52.3 Å². The molecule has 37 heavy (non-hydrogen) atoms. The van der Waals surface area contributed by atoms with Crippen LogP contribution >= 0.6 is 11.3 Å². The Bertz CT molecular complexity index is 1520. The van der Waals surface area contributed by atoms with Crippen LogP contribution in [0.3, 0.4) is 0 Å². The molecule has 190 valence electrons. The van der Waals surface area contributed by atoms with Gasteiger partial charge in [-0.05, 0) is 77.2 Å². The summed E-state index contributed by atoms with van der Waals surface area (Å²) in [5.74, 6) is 0.832. The van der Waals surface area contributed by atoms with Gasteiger partial charge in [-0.3, -0.25) is 9.69 Å². The zero-order valence-corrected chi connectivity index (χ0v) is 22.3. The van der Waals surface area contributed by atoms with Crippen molar-refractivity contribution in [2.75, 3.05) is 0 Å². The lowest BCUT2D eigenvalue weighted by atomic mass is 10.0. The molecule has 0 saturated carbocycles. The van der Waals surface area contributed by atoms with Crippen molar-refractivity contribution in [1.82, 2.24) is 30.1 Å². The molecule has 5 aromatic rings. The smallest absolute Gasteiger partial charge is 0.252 e. The molecule has 0 spiro atoms. The summed E-state index contributed by atoms with van der Waals surface area (Å²) in [4.78, 5) is 19.9. The predicted octanol–water partition coefficient (Wildman–Crippen LogP) is 5.59. The number of fused-ring (bicyclic) bond motifs is 1. The summed E-state index contributed by atoms with van der Waals surface area (Å²) in [5.41, 5.74) is 5.12. The van der Waals surface area contributed by atoms with Crippen molar-refractivity contribution in [2.45, 2.75) is 59.3 Å². The number of nitrogens with one attached hydrogen (secondary N) is 1. The summed E-state index contributed by atoms with van der Waals surface area (Å²) in [5, 5.41) is 16.0. The lowest BCUT2D eigenvalue weighted by Gasteiger charge is -2.30. The minimum atomic E-state index is -0.0471. The molecule has 0 radical (unpaired) electrons. The van der Waals surface area contributed by atoms with Gasteiger partial charge in [-0.1, -0.05) is 55.0 Å². The van der Waals surface area contributed by atoms with Crippen LogP contribution in [0, 0.1) is 13.8 Å². The summed E-state index contributed by atoms with van der Waals surface area (Å²) >= 11 is 1.72. The van der Waals surface area contributed by atoms with Crippen molar-refractivity contribution in [1.29, 1.82) is 0 Å². The number of aromatic nitrogens is 5. The molecule has 0 amide bonds. The lowest BCUT2D eigenvalue weighted by molar-refractivity contribution is 0.162. The Morgan fingerprint density at radius 2 is 1.89 bits per heavy atom. The number of aromatic amines is 1. The van der Waals surface area contributed by atoms with Crippen LogP contribution < -0.4 is 5.56 Å². The quantitative estimate of drug-likeness (QED) is 0.264. The standard InChI is InChI=1S/C29H32N6OS/c1-4-26(28-31-32-33-35(28)13-12-22-9-6-5-7-10-22)34(19-25-11-8-14-37-25)18-24-17-23-16-20(2)15-21(3)27(23)30-29(24)36/h5-11,14-17,26H,4,12-13,18-19H2,1-3H3,(H,30,36)/t26-/m0/s1. The second kappa shape index (κ2) is 11.2. The number of benzene rings is 2. The molecule has 0 aliphatic heterocycles. The van der Waals surface area contributed by atoms with E-state index in [-0.39, 0.29) is 11.6 Å². The van der Waals surface area contributed by atoms with Gasteiger partial charge in [0.15, 0.2) is 5.82 Å². The highest BCUT2D eigenvalue weighted by Gasteiger charge is 2.26. The molecule has 7 nitrogen and oxygen atoms in total. The Morgan fingerprint density at radius 3 is 2.65 bits per heavy atom. The number of pyridine rings is 1. The Hall–Kier alpha value is -3.62. The maximum atomic E-state index is 13.2. The molecule has 2 aromatic carbocycles. The molecule has 0 aliphatic rings. The first-order valence-electron chi connectivity index (χ1n) is 12.7. The summed E-state index contributed by atoms with van der Waals surface area (Å²) in [6, 6.07) is 20.8. The van der Waals surface area contributed by atoms with E-state index >= 15 is 0 Å². The van der Waals surface area contributed by atoms with E-state index in [1.165, 1.54) is 16.0 Å². The van der Waals surface area contributed by atoms with Gasteiger partial charge in [0.1, 0.15) is 0 Å². The molecule has 3 aromatic heterocycles. The summed E-state index contributed by atoms with van der Waals surface area (Å²) in [7, 11) is 0. The van der Waals surface area contributed by atoms with E-state index < -0.39 is 0 Å². The fourth-order valence-corrected chi connectivity index (χ4v) is 5.77. The van der Waals surface area contributed by atoms with Gasteiger partial charge in [0, 0.05) is 30.1 Å². The van der Waals surface area contributed by atoms with Gasteiger partial charge < -0.3 is 4.98 Å². The highest BCUT2D eigenvalue weighted by molar-refractivity contribution is 7.09. The van der Waals surface area contributed by atoms with Crippen LogP contribution in [0.15, 0.2) is 70.8 Å². The van der Waals surface area contributed by atoms with Crippen molar-refractivity contribution in [3.63, 3.8) is 0 Å². The van der Waals surface area contributed by atoms with Crippen LogP contribution in [0.25, 0.3) is 10.9 Å². The Kier molecular flexibility index (Phi) is 7.58. The van der Waals surface area contributed by atoms with Crippen molar-refractivity contribution in [3.8, 4) is 0 Å². The summed E-state index contributed by atoms with van der Waals surface area (Å²) < 4.78 is 1.92. The first kappa shape index (κ1) is 25.0. The normalized spacial score (nSPS) is 12.4. The number of rotatable bonds is 10. The van der Waals surface area contributed by atoms with E-state index in [1.54, 1.807) is 11.3 Å². The third-order valence-electron chi connectivity index (χ3n) is 6.82. The molecule has 0 bridgehead atoms. The highest BCUT2D eigenvalue weighted by atomic mass is 32.1. The maximum absolute atomic E-state index is 13.2. The van der Waals surface area contributed by atoms with Gasteiger partial charge in [-0.25, -0.2) is 4.68 Å². The number of H-pyrrole nitrogens is 1. The SMILES string of the molecule is CC[C@@H](c1nnnn1CCc1ccccc1)N(Cc1cccs1)Cc1cc2cc(C)cc(C)c2[nH]c1=O. The number of hydrogen-bond donors (Lipinski definition) is 1. The molecule has 0 unspecified atom stereocenters. The van der Waals surface area contributed by atoms with E-state index in [4.69, 9.17) is 0 Å². The van der Waals surface area contributed by atoms with Gasteiger partial charge in [0.2, 0.25) is 0 Å². The molecule has 3 heterocycles. The van der Waals surface area contributed by atoms with Crippen LogP contribution in [0.2, 0.25) is 0 Å². The molecular weight excluding hydrogens is 480 g/mol. The van der Waals surface area contributed by atoms with Gasteiger partial charge in [0.05, 0.1) is 11.6 Å². The molecule has 1 atom stereocenters. The summed E-state index contributed by atoms with van der Waals surface area (Å²) in [6.07, 6.45) is 1.67. The minimum absolute atomic E-state index is 0.0396. The fraction of sp³-hybridized carbons (Fsp3) is 0.310. The van der Waals surface area contributed by atoms with Gasteiger partial charge in [-0.2, -0.15) is 0 Å². The molecular formula is C29H32N6OS. The van der Waals surface area contributed by atoms with Crippen molar-refractivity contribution in [3.05, 3.63) is 109 Å². The number of nitrogens with zero attached hydrogens (tertiary/aromatic N) is 5. The van der Waals surface area contributed by atoms with E-state index in [2.05, 4.69) is 93.2 Å². The van der Waals surface area contributed by atoms with Crippen LogP contribution in [0.5, 0.6) is 0 Å². The second-order valence-electron chi connectivity index (χ2n) is 9.57. The first-order valence-corrected chi connectivity index (χ1v) is 13.6. The summed E-state index contributed by atoms with van der Waals surface area (Å²) in [6.45, 7) is 8.19. The minimum Gasteiger partial charge on any atom is -0.321 e. The average molecular weight is 513 g/mol. The molecule has 8 heteroatoms. The second-order valence-corrected chi connectivity index (χ2v) is 10.6. The van der Waals surface area contributed by atoms with Crippen LogP contribution in [0.4, 0.5) is 0 Å². The van der Waals surface area contributed by atoms with Gasteiger partial charge in [-0.15, -0.1) is 16.4 Å². The monoisotopic (exact) mass is 512 g/mol. The maximum Gasteiger partial charge on any atom is 0.252 e. The first-order chi connectivity index (χ1) is 18.0. The van der Waals surface area contributed by atoms with E-state index in [0.717, 1.165) is 40.7 Å². The average Bonchev–Trinajstić information content (AvgIpc) is 3.57. The van der Waals surface area contributed by atoms with E-state index in [9.17, 15) is 4.79 Å². The molecule has 0 fully saturated rings. The molecule has 5 rings (SSSR count). The lowest BCUT2D eigenvalue weighted by Crippen LogP contribution is -2.32. The number of thiophene rings is 1. The van der Waals surface area contributed by atoms with E-state index in [1.807, 2.05) is 23.7 Å². The van der Waals surface area contributed by atoms with E-state index in [0.29, 0.717) is 19.6 Å². The van der Waals surface area contributed by atoms with Crippen molar-refractivity contribution in [2.24, 2.45) is 0 Å². The van der Waals surface area contributed by atoms with Gasteiger partial charge >= 0.3 is 0 Å². The molecule has 0 aliphatic carbocycles. The Balaban J connectivity index is 1.47. The zero-order valence-electron chi connectivity index (χ0n) is 21.5. The number of tetrazole rings is 1. The third-order valence-corrected chi connectivity index (χ3v) is 7.68. The van der Waals surface area contributed by atoms with Crippen LogP contribution in [-0.2, 0) is 26.1 Å². The Morgan fingerprint density at radius 1 is 1.05 bits per heavy atom. The van der Waals surface area contributed by atoms with Crippen molar-refractivity contribution < 1.29 is 0 Å². The highest BCUT2D eigenvalue weighted by Crippen LogP contribution is 2.28. The largest absolute Gasteiger partial charge is 0.321 e. The number of aryl methyl sites for hydroxylation is 4. The Labute approximate surface area is 220 Å². The predicted molar refractivity (Wildman–Crippen MR) is 149 cm³/mol.